The van der Waals surface area contributed by atoms with Gasteiger partial charge in [-0.3, -0.25) is 0 Å². The zero-order valence-electron chi connectivity index (χ0n) is 8.57. The zero-order valence-corrected chi connectivity index (χ0v) is 10.2. The molecule has 0 radical (unpaired) electrons. The molecule has 0 aliphatic carbocycles. The van der Waals surface area contributed by atoms with Crippen molar-refractivity contribution in [1.82, 2.24) is 14.9 Å². The first kappa shape index (κ1) is 10.9. The Morgan fingerprint density at radius 2 is 2.38 bits per heavy atom. The highest BCUT2D eigenvalue weighted by Gasteiger charge is 2.08. The summed E-state index contributed by atoms with van der Waals surface area (Å²) in [5, 5.41) is 8.75. The molecule has 2 heterocycles. The average Bonchev–Trinajstić information content (AvgIpc) is 2.58. The number of aromatic nitrogens is 2. The minimum absolute atomic E-state index is 0.323. The van der Waals surface area contributed by atoms with E-state index in [2.05, 4.69) is 25.9 Å². The van der Waals surface area contributed by atoms with Gasteiger partial charge in [-0.05, 0) is 34.1 Å². The van der Waals surface area contributed by atoms with Gasteiger partial charge in [0.15, 0.2) is 0 Å². The molecule has 0 aliphatic heterocycles. The molecule has 0 bridgehead atoms. The first-order valence-electron chi connectivity index (χ1n) is 4.64. The Kier molecular flexibility index (Phi) is 2.82. The predicted molar refractivity (Wildman–Crippen MR) is 63.3 cm³/mol. The summed E-state index contributed by atoms with van der Waals surface area (Å²) in [4.78, 5) is 19.3. The van der Waals surface area contributed by atoms with Crippen molar-refractivity contribution >= 4 is 33.1 Å². The number of rotatable bonds is 2. The highest BCUT2D eigenvalue weighted by molar-refractivity contribution is 9.10. The van der Waals surface area contributed by atoms with Crippen LogP contribution in [-0.4, -0.2) is 33.1 Å². The second-order valence-corrected chi connectivity index (χ2v) is 4.31. The van der Waals surface area contributed by atoms with E-state index in [4.69, 9.17) is 5.11 Å². The summed E-state index contributed by atoms with van der Waals surface area (Å²) >= 11 is 3.29. The van der Waals surface area contributed by atoms with Gasteiger partial charge in [0.2, 0.25) is 0 Å². The lowest BCUT2D eigenvalue weighted by Gasteiger charge is -2.10. The number of halogens is 1. The van der Waals surface area contributed by atoms with Crippen molar-refractivity contribution < 1.29 is 9.90 Å². The normalized spacial score (nSPS) is 10.6. The summed E-state index contributed by atoms with van der Waals surface area (Å²) in [5.41, 5.74) is 2.55. The molecule has 0 atom stereocenters. The maximum atomic E-state index is 10.7. The third kappa shape index (κ3) is 2.16. The summed E-state index contributed by atoms with van der Waals surface area (Å²) < 4.78 is 0.761. The molecular weight excluding hydrogens is 274 g/mol. The molecule has 0 aromatic carbocycles. The fourth-order valence-electron chi connectivity index (χ4n) is 1.45. The maximum Gasteiger partial charge on any atom is 0.407 e. The Morgan fingerprint density at radius 3 is 3.06 bits per heavy atom. The summed E-state index contributed by atoms with van der Waals surface area (Å²) in [6.45, 7) is 0.323. The van der Waals surface area contributed by atoms with Crippen molar-refractivity contribution in [1.29, 1.82) is 0 Å². The Bertz CT molecular complexity index is 538. The van der Waals surface area contributed by atoms with Gasteiger partial charge in [-0.2, -0.15) is 0 Å². The lowest BCUT2D eigenvalue weighted by molar-refractivity contribution is 0.153. The van der Waals surface area contributed by atoms with Crippen LogP contribution in [-0.2, 0) is 6.54 Å². The largest absolute Gasteiger partial charge is 0.465 e. The van der Waals surface area contributed by atoms with Crippen LogP contribution >= 0.6 is 15.9 Å². The van der Waals surface area contributed by atoms with Gasteiger partial charge in [0, 0.05) is 12.7 Å². The van der Waals surface area contributed by atoms with Gasteiger partial charge in [-0.15, -0.1) is 0 Å². The monoisotopic (exact) mass is 283 g/mol. The third-order valence-corrected chi connectivity index (χ3v) is 2.67. The summed E-state index contributed by atoms with van der Waals surface area (Å²) in [7, 11) is 1.52. The molecule has 0 saturated heterocycles. The van der Waals surface area contributed by atoms with Gasteiger partial charge >= 0.3 is 6.09 Å². The number of hydrogen-bond acceptors (Lipinski definition) is 2. The second kappa shape index (κ2) is 4.13. The van der Waals surface area contributed by atoms with Crippen LogP contribution in [0.1, 0.15) is 5.69 Å². The molecule has 0 fully saturated rings. The van der Waals surface area contributed by atoms with E-state index in [1.165, 1.54) is 11.9 Å². The van der Waals surface area contributed by atoms with Crippen molar-refractivity contribution in [3.63, 3.8) is 0 Å². The molecule has 0 saturated carbocycles. The minimum atomic E-state index is -0.951. The molecule has 1 amide bonds. The van der Waals surface area contributed by atoms with E-state index in [0.717, 1.165) is 21.3 Å². The number of carboxylic acid groups (broad SMARTS) is 1. The van der Waals surface area contributed by atoms with Gasteiger partial charge in [-0.25, -0.2) is 9.78 Å². The Morgan fingerprint density at radius 1 is 1.62 bits per heavy atom. The van der Waals surface area contributed by atoms with Gasteiger partial charge < -0.3 is 15.0 Å². The molecule has 84 valence electrons. The number of H-pyrrole nitrogens is 1. The third-order valence-electron chi connectivity index (χ3n) is 2.23. The zero-order chi connectivity index (χ0) is 11.7. The fraction of sp³-hybridized carbons (Fsp3) is 0.200. The van der Waals surface area contributed by atoms with E-state index in [1.54, 1.807) is 0 Å². The lowest BCUT2D eigenvalue weighted by atomic mass is 10.3. The van der Waals surface area contributed by atoms with Crippen LogP contribution < -0.4 is 0 Å². The first-order valence-corrected chi connectivity index (χ1v) is 5.44. The fourth-order valence-corrected chi connectivity index (χ4v) is 1.77. The van der Waals surface area contributed by atoms with Gasteiger partial charge in [0.25, 0.3) is 0 Å². The average molecular weight is 284 g/mol. The molecule has 16 heavy (non-hydrogen) atoms. The van der Waals surface area contributed by atoms with Crippen molar-refractivity contribution in [2.24, 2.45) is 0 Å². The topological polar surface area (TPSA) is 69.2 Å². The van der Waals surface area contributed by atoms with Crippen molar-refractivity contribution in [2.75, 3.05) is 7.05 Å². The number of fused-ring (bicyclic) bond motifs is 1. The smallest absolute Gasteiger partial charge is 0.407 e. The SMILES string of the molecule is CN(Cc1cc2nc(Br)ccc2[nH]1)C(=O)O. The lowest BCUT2D eigenvalue weighted by Crippen LogP contribution is -2.23. The summed E-state index contributed by atoms with van der Waals surface area (Å²) in [6, 6.07) is 5.58. The molecular formula is C10H10BrN3O2. The number of carbonyl (C=O) groups is 1. The number of amides is 1. The van der Waals surface area contributed by atoms with E-state index < -0.39 is 6.09 Å². The number of hydrogen-bond donors (Lipinski definition) is 2. The molecule has 6 heteroatoms. The van der Waals surface area contributed by atoms with Crippen molar-refractivity contribution in [2.45, 2.75) is 6.54 Å². The summed E-state index contributed by atoms with van der Waals surface area (Å²) in [5.74, 6) is 0. The van der Waals surface area contributed by atoms with E-state index in [1.807, 2.05) is 18.2 Å². The highest BCUT2D eigenvalue weighted by atomic mass is 79.9. The Labute approximate surface area is 100 Å². The van der Waals surface area contributed by atoms with Crippen LogP contribution in [0.3, 0.4) is 0 Å². The van der Waals surface area contributed by atoms with E-state index in [-0.39, 0.29) is 0 Å². The highest BCUT2D eigenvalue weighted by Crippen LogP contribution is 2.17. The Hall–Kier alpha value is -1.56. The van der Waals surface area contributed by atoms with Crippen LogP contribution in [0, 0.1) is 0 Å². The van der Waals surface area contributed by atoms with Crippen LogP contribution in [0.25, 0.3) is 11.0 Å². The number of nitrogens with zero attached hydrogens (tertiary/aromatic N) is 2. The summed E-state index contributed by atoms with van der Waals surface area (Å²) in [6.07, 6.45) is -0.951. The molecule has 0 aliphatic rings. The molecule has 2 rings (SSSR count). The second-order valence-electron chi connectivity index (χ2n) is 3.50. The number of pyridine rings is 1. The standard InChI is InChI=1S/C10H10BrN3O2/c1-14(10(15)16)5-6-4-8-7(12-6)2-3-9(11)13-8/h2-4,12H,5H2,1H3,(H,15,16). The van der Waals surface area contributed by atoms with Gasteiger partial charge in [0.05, 0.1) is 17.6 Å². The minimum Gasteiger partial charge on any atom is -0.465 e. The molecule has 0 unspecified atom stereocenters. The van der Waals surface area contributed by atoms with Gasteiger partial charge in [0.1, 0.15) is 4.60 Å². The Balaban J connectivity index is 2.29. The van der Waals surface area contributed by atoms with Crippen molar-refractivity contribution in [3.05, 3.63) is 28.5 Å². The van der Waals surface area contributed by atoms with Crippen LogP contribution in [0.2, 0.25) is 0 Å². The quantitative estimate of drug-likeness (QED) is 0.832. The van der Waals surface area contributed by atoms with Crippen LogP contribution in [0.5, 0.6) is 0 Å². The molecule has 0 spiro atoms. The molecule has 2 N–H and O–H groups in total. The first-order chi connectivity index (χ1) is 7.56. The number of aromatic amines is 1. The maximum absolute atomic E-state index is 10.7. The van der Waals surface area contributed by atoms with E-state index in [9.17, 15) is 4.79 Å². The van der Waals surface area contributed by atoms with Crippen LogP contribution in [0.15, 0.2) is 22.8 Å². The van der Waals surface area contributed by atoms with E-state index >= 15 is 0 Å². The molecule has 2 aromatic rings. The van der Waals surface area contributed by atoms with Crippen LogP contribution in [0.4, 0.5) is 4.79 Å². The predicted octanol–water partition coefficient (Wildman–Crippen LogP) is 2.44. The molecule has 5 nitrogen and oxygen atoms in total. The van der Waals surface area contributed by atoms with E-state index in [0.29, 0.717) is 6.54 Å². The van der Waals surface area contributed by atoms with Crippen molar-refractivity contribution in [3.8, 4) is 0 Å². The molecule has 2 aromatic heterocycles. The van der Waals surface area contributed by atoms with Gasteiger partial charge in [-0.1, -0.05) is 0 Å². The number of nitrogens with one attached hydrogen (secondary N) is 1.